The van der Waals surface area contributed by atoms with Crippen LogP contribution in [0.3, 0.4) is 0 Å². The number of methoxy groups -OCH3 is 1. The molecule has 0 saturated carbocycles. The van der Waals surface area contributed by atoms with Crippen LogP contribution >= 0.6 is 0 Å². The first-order valence-electron chi connectivity index (χ1n) is 6.74. The summed E-state index contributed by atoms with van der Waals surface area (Å²) in [6.45, 7) is 0.810. The van der Waals surface area contributed by atoms with E-state index in [9.17, 15) is 18.0 Å². The van der Waals surface area contributed by atoms with E-state index in [0.29, 0.717) is 25.3 Å². The van der Waals surface area contributed by atoms with Gasteiger partial charge in [-0.25, -0.2) is 8.42 Å². The predicted molar refractivity (Wildman–Crippen MR) is 83.2 cm³/mol. The molecule has 0 aromatic heterocycles. The Balaban J connectivity index is 2.39. The number of ether oxygens (including phenoxy) is 1. The standard InChI is InChI=1S/C14H20N2O5S/c1-21-9-5-8-15-13(17)10-22(19,20)11-14(18)16-12-6-3-2-4-7-12/h2-4,6-7H,5,8-11H2,1H3,(H,15,17)(H,16,18). The Kier molecular flexibility index (Phi) is 7.55. The van der Waals surface area contributed by atoms with Crippen LogP contribution < -0.4 is 10.6 Å². The molecule has 0 aliphatic rings. The molecule has 0 fully saturated rings. The summed E-state index contributed by atoms with van der Waals surface area (Å²) in [4.78, 5) is 23.2. The Labute approximate surface area is 130 Å². The third kappa shape index (κ3) is 7.75. The maximum absolute atomic E-state index is 11.8. The number of carbonyl (C=O) groups excluding carboxylic acids is 2. The van der Waals surface area contributed by atoms with Gasteiger partial charge in [-0.05, 0) is 18.6 Å². The highest BCUT2D eigenvalue weighted by molar-refractivity contribution is 7.92. The molecular formula is C14H20N2O5S. The summed E-state index contributed by atoms with van der Waals surface area (Å²) in [7, 11) is -2.26. The number of para-hydroxylation sites is 1. The monoisotopic (exact) mass is 328 g/mol. The lowest BCUT2D eigenvalue weighted by molar-refractivity contribution is -0.118. The molecule has 7 nitrogen and oxygen atoms in total. The lowest BCUT2D eigenvalue weighted by atomic mass is 10.3. The number of amides is 2. The fourth-order valence-electron chi connectivity index (χ4n) is 1.66. The van der Waals surface area contributed by atoms with Gasteiger partial charge in [0.15, 0.2) is 9.84 Å². The second kappa shape index (κ2) is 9.16. The highest BCUT2D eigenvalue weighted by Gasteiger charge is 2.20. The highest BCUT2D eigenvalue weighted by Crippen LogP contribution is 2.05. The number of anilines is 1. The first kappa shape index (κ1) is 18.1. The van der Waals surface area contributed by atoms with Crippen molar-refractivity contribution in [2.45, 2.75) is 6.42 Å². The average molecular weight is 328 g/mol. The van der Waals surface area contributed by atoms with Crippen LogP contribution in [-0.2, 0) is 24.2 Å². The van der Waals surface area contributed by atoms with E-state index >= 15 is 0 Å². The molecule has 2 amide bonds. The van der Waals surface area contributed by atoms with Crippen molar-refractivity contribution in [2.24, 2.45) is 0 Å². The first-order valence-corrected chi connectivity index (χ1v) is 8.56. The van der Waals surface area contributed by atoms with Gasteiger partial charge in [0.05, 0.1) is 0 Å². The number of rotatable bonds is 9. The minimum absolute atomic E-state index is 0.332. The van der Waals surface area contributed by atoms with Gasteiger partial charge in [-0.3, -0.25) is 9.59 Å². The van der Waals surface area contributed by atoms with Crippen LogP contribution in [0.5, 0.6) is 0 Å². The fourth-order valence-corrected chi connectivity index (χ4v) is 2.74. The quantitative estimate of drug-likeness (QED) is 0.630. The van der Waals surface area contributed by atoms with Crippen LogP contribution in [0.4, 0.5) is 5.69 Å². The maximum Gasteiger partial charge on any atom is 0.239 e. The summed E-state index contributed by atoms with van der Waals surface area (Å²) in [5, 5.41) is 4.93. The van der Waals surface area contributed by atoms with Crippen molar-refractivity contribution in [3.05, 3.63) is 30.3 Å². The summed E-state index contributed by atoms with van der Waals surface area (Å²) in [6.07, 6.45) is 0.594. The number of sulfone groups is 1. The van der Waals surface area contributed by atoms with Gasteiger partial charge < -0.3 is 15.4 Å². The van der Waals surface area contributed by atoms with Gasteiger partial charge in [-0.1, -0.05) is 18.2 Å². The van der Waals surface area contributed by atoms with Gasteiger partial charge in [-0.2, -0.15) is 0 Å². The summed E-state index contributed by atoms with van der Waals surface area (Å²) in [5.41, 5.74) is 0.506. The minimum Gasteiger partial charge on any atom is -0.385 e. The van der Waals surface area contributed by atoms with Crippen molar-refractivity contribution in [1.82, 2.24) is 5.32 Å². The molecule has 0 radical (unpaired) electrons. The predicted octanol–water partition coefficient (Wildman–Crippen LogP) is 0.193. The van der Waals surface area contributed by atoms with E-state index in [1.807, 2.05) is 0 Å². The molecule has 0 spiro atoms. The number of nitrogens with one attached hydrogen (secondary N) is 2. The van der Waals surface area contributed by atoms with Crippen molar-refractivity contribution in [2.75, 3.05) is 37.1 Å². The van der Waals surface area contributed by atoms with Crippen LogP contribution in [0.15, 0.2) is 30.3 Å². The molecule has 0 heterocycles. The molecule has 8 heteroatoms. The van der Waals surface area contributed by atoms with Crippen LogP contribution in [0.25, 0.3) is 0 Å². The van der Waals surface area contributed by atoms with E-state index in [0.717, 1.165) is 0 Å². The molecule has 0 bridgehead atoms. The third-order valence-corrected chi connectivity index (χ3v) is 4.01. The van der Waals surface area contributed by atoms with Crippen LogP contribution in [0, 0.1) is 0 Å². The van der Waals surface area contributed by atoms with Gasteiger partial charge in [0, 0.05) is 25.9 Å². The Morgan fingerprint density at radius 2 is 1.73 bits per heavy atom. The number of hydrogen-bond donors (Lipinski definition) is 2. The Morgan fingerprint density at radius 1 is 1.09 bits per heavy atom. The van der Waals surface area contributed by atoms with Gasteiger partial charge in [0.1, 0.15) is 11.5 Å². The molecule has 1 aromatic carbocycles. The number of benzene rings is 1. The van der Waals surface area contributed by atoms with Crippen molar-refractivity contribution in [3.63, 3.8) is 0 Å². The Morgan fingerprint density at radius 3 is 2.36 bits per heavy atom. The lowest BCUT2D eigenvalue weighted by Crippen LogP contribution is -2.34. The van der Waals surface area contributed by atoms with E-state index < -0.39 is 33.2 Å². The normalized spacial score (nSPS) is 11.0. The molecule has 122 valence electrons. The molecular weight excluding hydrogens is 308 g/mol. The molecule has 0 saturated heterocycles. The average Bonchev–Trinajstić information content (AvgIpc) is 2.43. The molecule has 0 atom stereocenters. The molecule has 1 rings (SSSR count). The molecule has 22 heavy (non-hydrogen) atoms. The minimum atomic E-state index is -3.80. The van der Waals surface area contributed by atoms with Crippen molar-refractivity contribution in [1.29, 1.82) is 0 Å². The molecule has 0 aliphatic heterocycles. The Bertz CT molecular complexity index is 587. The van der Waals surface area contributed by atoms with E-state index in [1.54, 1.807) is 30.3 Å². The zero-order valence-electron chi connectivity index (χ0n) is 12.4. The fraction of sp³-hybridized carbons (Fsp3) is 0.429. The second-order valence-corrected chi connectivity index (χ2v) is 6.71. The Hall–Kier alpha value is -1.93. The van der Waals surface area contributed by atoms with Crippen LogP contribution in [0.1, 0.15) is 6.42 Å². The molecule has 0 aliphatic carbocycles. The van der Waals surface area contributed by atoms with E-state index in [2.05, 4.69) is 10.6 Å². The van der Waals surface area contributed by atoms with Gasteiger partial charge in [0.2, 0.25) is 11.8 Å². The molecule has 2 N–H and O–H groups in total. The summed E-state index contributed by atoms with van der Waals surface area (Å²) in [6, 6.07) is 8.51. The van der Waals surface area contributed by atoms with Gasteiger partial charge >= 0.3 is 0 Å². The zero-order chi connectivity index (χ0) is 16.4. The van der Waals surface area contributed by atoms with E-state index in [1.165, 1.54) is 7.11 Å². The number of hydrogen-bond acceptors (Lipinski definition) is 5. The van der Waals surface area contributed by atoms with E-state index in [4.69, 9.17) is 4.74 Å². The van der Waals surface area contributed by atoms with Gasteiger partial charge in [-0.15, -0.1) is 0 Å². The van der Waals surface area contributed by atoms with Crippen LogP contribution in [0.2, 0.25) is 0 Å². The first-order chi connectivity index (χ1) is 10.4. The zero-order valence-corrected chi connectivity index (χ0v) is 13.2. The number of carbonyl (C=O) groups is 2. The van der Waals surface area contributed by atoms with Crippen molar-refractivity contribution in [3.8, 4) is 0 Å². The highest BCUT2D eigenvalue weighted by atomic mass is 32.2. The summed E-state index contributed by atoms with van der Waals surface area (Å²) >= 11 is 0. The largest absolute Gasteiger partial charge is 0.385 e. The summed E-state index contributed by atoms with van der Waals surface area (Å²) in [5.74, 6) is -2.72. The van der Waals surface area contributed by atoms with E-state index in [-0.39, 0.29) is 0 Å². The summed E-state index contributed by atoms with van der Waals surface area (Å²) < 4.78 is 28.4. The maximum atomic E-state index is 11.8. The second-order valence-electron chi connectivity index (χ2n) is 4.64. The SMILES string of the molecule is COCCCNC(=O)CS(=O)(=O)CC(=O)Nc1ccccc1. The molecule has 1 aromatic rings. The van der Waals surface area contributed by atoms with Crippen molar-refractivity contribution >= 4 is 27.3 Å². The van der Waals surface area contributed by atoms with Crippen LogP contribution in [-0.4, -0.2) is 52.0 Å². The van der Waals surface area contributed by atoms with Gasteiger partial charge in [0.25, 0.3) is 0 Å². The topological polar surface area (TPSA) is 102 Å². The smallest absolute Gasteiger partial charge is 0.239 e. The van der Waals surface area contributed by atoms with Crippen molar-refractivity contribution < 1.29 is 22.7 Å². The third-order valence-electron chi connectivity index (χ3n) is 2.61. The molecule has 0 unspecified atom stereocenters. The lowest BCUT2D eigenvalue weighted by Gasteiger charge is -2.07.